The van der Waals surface area contributed by atoms with Crippen molar-refractivity contribution in [1.82, 2.24) is 4.98 Å². The van der Waals surface area contributed by atoms with Crippen molar-refractivity contribution in [1.29, 1.82) is 0 Å². The highest BCUT2D eigenvalue weighted by atomic mass is 32.2. The lowest BCUT2D eigenvalue weighted by molar-refractivity contribution is -0.119. The number of carbonyl (C=O) groups excluding carboxylic acids is 1. The molecule has 2 aromatic rings. The van der Waals surface area contributed by atoms with Crippen molar-refractivity contribution < 1.29 is 17.9 Å². The summed E-state index contributed by atoms with van der Waals surface area (Å²) < 4.78 is 29.5. The molecule has 2 heterocycles. The standard InChI is InChI=1S/C15H18N2O4S2/c1-23(19,20)11-5-6-12-13(9-11)22-15(16-12)17-14(18)8-10-4-2-3-7-21-10/h5-6,9-10H,2-4,7-8H2,1H3,(H,16,17,18). The molecule has 23 heavy (non-hydrogen) atoms. The van der Waals surface area contributed by atoms with Gasteiger partial charge in [-0.3, -0.25) is 4.79 Å². The largest absolute Gasteiger partial charge is 0.378 e. The minimum Gasteiger partial charge on any atom is -0.378 e. The van der Waals surface area contributed by atoms with E-state index in [9.17, 15) is 13.2 Å². The second-order valence-corrected chi connectivity index (χ2v) is 8.71. The average molecular weight is 354 g/mol. The molecule has 0 radical (unpaired) electrons. The maximum atomic E-state index is 12.1. The highest BCUT2D eigenvalue weighted by Crippen LogP contribution is 2.28. The molecule has 0 saturated carbocycles. The third-order valence-electron chi connectivity index (χ3n) is 3.72. The Morgan fingerprint density at radius 2 is 2.26 bits per heavy atom. The van der Waals surface area contributed by atoms with Gasteiger partial charge in [0.25, 0.3) is 0 Å². The molecule has 1 aliphatic rings. The molecule has 0 spiro atoms. The topological polar surface area (TPSA) is 85.4 Å². The molecule has 1 aromatic heterocycles. The Bertz CT molecular complexity index is 823. The number of nitrogens with zero attached hydrogens (tertiary/aromatic N) is 1. The summed E-state index contributed by atoms with van der Waals surface area (Å²) in [7, 11) is -3.25. The van der Waals surface area contributed by atoms with E-state index in [2.05, 4.69) is 10.3 Å². The number of ether oxygens (including phenoxy) is 1. The number of nitrogens with one attached hydrogen (secondary N) is 1. The van der Waals surface area contributed by atoms with Crippen LogP contribution in [0.3, 0.4) is 0 Å². The van der Waals surface area contributed by atoms with Gasteiger partial charge in [0.05, 0.1) is 27.6 Å². The Labute approximate surface area is 138 Å². The Balaban J connectivity index is 1.71. The number of thiazole rings is 1. The Morgan fingerprint density at radius 3 is 2.96 bits per heavy atom. The van der Waals surface area contributed by atoms with Gasteiger partial charge in [-0.05, 0) is 37.5 Å². The number of benzene rings is 1. The van der Waals surface area contributed by atoms with Gasteiger partial charge in [-0.15, -0.1) is 0 Å². The van der Waals surface area contributed by atoms with Crippen molar-refractivity contribution in [3.63, 3.8) is 0 Å². The van der Waals surface area contributed by atoms with Crippen molar-refractivity contribution in [2.45, 2.75) is 36.7 Å². The van der Waals surface area contributed by atoms with Gasteiger partial charge >= 0.3 is 0 Å². The number of amides is 1. The molecular weight excluding hydrogens is 336 g/mol. The van der Waals surface area contributed by atoms with Gasteiger partial charge < -0.3 is 10.1 Å². The van der Waals surface area contributed by atoms with Crippen LogP contribution in [0.15, 0.2) is 23.1 Å². The van der Waals surface area contributed by atoms with Crippen LogP contribution < -0.4 is 5.32 Å². The Hall–Kier alpha value is -1.51. The van der Waals surface area contributed by atoms with Crippen LogP contribution in [0, 0.1) is 0 Å². The van der Waals surface area contributed by atoms with Crippen LogP contribution in [0.2, 0.25) is 0 Å². The highest BCUT2D eigenvalue weighted by Gasteiger charge is 2.18. The van der Waals surface area contributed by atoms with Crippen LogP contribution in [0.25, 0.3) is 10.2 Å². The molecule has 1 aromatic carbocycles. The molecular formula is C15H18N2O4S2. The van der Waals surface area contributed by atoms with Gasteiger partial charge in [0, 0.05) is 12.9 Å². The van der Waals surface area contributed by atoms with E-state index in [1.54, 1.807) is 12.1 Å². The van der Waals surface area contributed by atoms with E-state index in [-0.39, 0.29) is 16.9 Å². The van der Waals surface area contributed by atoms with Gasteiger partial charge in [-0.2, -0.15) is 0 Å². The molecule has 124 valence electrons. The molecule has 1 unspecified atom stereocenters. The summed E-state index contributed by atoms with van der Waals surface area (Å²) in [4.78, 5) is 16.6. The van der Waals surface area contributed by atoms with E-state index in [1.165, 1.54) is 23.7 Å². The molecule has 0 aliphatic carbocycles. The fourth-order valence-corrected chi connectivity index (χ4v) is 4.18. The third-order valence-corrected chi connectivity index (χ3v) is 5.77. The van der Waals surface area contributed by atoms with Crippen molar-refractivity contribution >= 4 is 42.4 Å². The minimum atomic E-state index is -3.25. The van der Waals surface area contributed by atoms with Crippen molar-refractivity contribution in [2.75, 3.05) is 18.2 Å². The van der Waals surface area contributed by atoms with E-state index in [1.807, 2.05) is 0 Å². The second-order valence-electron chi connectivity index (χ2n) is 5.66. The number of sulfone groups is 1. The van der Waals surface area contributed by atoms with Crippen molar-refractivity contribution in [3.05, 3.63) is 18.2 Å². The predicted molar refractivity (Wildman–Crippen MR) is 89.6 cm³/mol. The lowest BCUT2D eigenvalue weighted by Gasteiger charge is -2.21. The normalized spacial score (nSPS) is 18.9. The minimum absolute atomic E-state index is 0.0186. The Morgan fingerprint density at radius 1 is 1.43 bits per heavy atom. The first-order valence-electron chi connectivity index (χ1n) is 7.44. The molecule has 1 amide bonds. The van der Waals surface area contributed by atoms with Crippen LogP contribution in [0.1, 0.15) is 25.7 Å². The zero-order valence-electron chi connectivity index (χ0n) is 12.7. The number of anilines is 1. The van der Waals surface area contributed by atoms with E-state index < -0.39 is 9.84 Å². The second kappa shape index (κ2) is 6.54. The van der Waals surface area contributed by atoms with Crippen molar-refractivity contribution in [2.24, 2.45) is 0 Å². The molecule has 1 aliphatic heterocycles. The van der Waals surface area contributed by atoms with Gasteiger partial charge in [0.15, 0.2) is 15.0 Å². The lowest BCUT2D eigenvalue weighted by Crippen LogP contribution is -2.25. The average Bonchev–Trinajstić information content (AvgIpc) is 2.88. The first kappa shape index (κ1) is 16.4. The third kappa shape index (κ3) is 4.07. The summed E-state index contributed by atoms with van der Waals surface area (Å²) in [6.07, 6.45) is 4.53. The van der Waals surface area contributed by atoms with Gasteiger partial charge in [0.1, 0.15) is 0 Å². The van der Waals surface area contributed by atoms with E-state index in [0.29, 0.717) is 23.7 Å². The van der Waals surface area contributed by atoms with E-state index in [0.717, 1.165) is 24.0 Å². The SMILES string of the molecule is CS(=O)(=O)c1ccc2nc(NC(=O)CC3CCCCO3)sc2c1. The molecule has 6 nitrogen and oxygen atoms in total. The van der Waals surface area contributed by atoms with Crippen LogP contribution in [0.4, 0.5) is 5.13 Å². The molecule has 1 atom stereocenters. The maximum absolute atomic E-state index is 12.1. The van der Waals surface area contributed by atoms with E-state index in [4.69, 9.17) is 4.74 Å². The van der Waals surface area contributed by atoms with Gasteiger partial charge in [-0.25, -0.2) is 13.4 Å². The van der Waals surface area contributed by atoms with Crippen LogP contribution in [0.5, 0.6) is 0 Å². The zero-order chi connectivity index (χ0) is 16.4. The monoisotopic (exact) mass is 354 g/mol. The fourth-order valence-electron chi connectivity index (χ4n) is 2.53. The first-order valence-corrected chi connectivity index (χ1v) is 10.1. The number of aromatic nitrogens is 1. The van der Waals surface area contributed by atoms with Crippen LogP contribution in [-0.4, -0.2) is 38.3 Å². The summed E-state index contributed by atoms with van der Waals surface area (Å²) in [5.41, 5.74) is 0.673. The maximum Gasteiger partial charge on any atom is 0.228 e. The fraction of sp³-hybridized carbons (Fsp3) is 0.467. The summed E-state index contributed by atoms with van der Waals surface area (Å²) in [5, 5.41) is 3.25. The van der Waals surface area contributed by atoms with Crippen LogP contribution in [-0.2, 0) is 19.4 Å². The van der Waals surface area contributed by atoms with E-state index >= 15 is 0 Å². The van der Waals surface area contributed by atoms with Gasteiger partial charge in [0.2, 0.25) is 5.91 Å². The summed E-state index contributed by atoms with van der Waals surface area (Å²) in [6, 6.07) is 4.77. The summed E-state index contributed by atoms with van der Waals surface area (Å²) in [6.45, 7) is 0.716. The summed E-state index contributed by atoms with van der Waals surface area (Å²) in [5.74, 6) is -0.126. The number of rotatable bonds is 4. The molecule has 3 rings (SSSR count). The summed E-state index contributed by atoms with van der Waals surface area (Å²) >= 11 is 1.27. The molecule has 1 fully saturated rings. The Kier molecular flexibility index (Phi) is 4.65. The molecule has 8 heteroatoms. The highest BCUT2D eigenvalue weighted by molar-refractivity contribution is 7.90. The number of hydrogen-bond donors (Lipinski definition) is 1. The smallest absolute Gasteiger partial charge is 0.228 e. The number of fused-ring (bicyclic) bond motifs is 1. The molecule has 1 N–H and O–H groups in total. The molecule has 1 saturated heterocycles. The van der Waals surface area contributed by atoms with Crippen LogP contribution >= 0.6 is 11.3 Å². The molecule has 0 bridgehead atoms. The van der Waals surface area contributed by atoms with Crippen molar-refractivity contribution in [3.8, 4) is 0 Å². The number of hydrogen-bond acceptors (Lipinski definition) is 6. The predicted octanol–water partition coefficient (Wildman–Crippen LogP) is 2.60. The van der Waals surface area contributed by atoms with Gasteiger partial charge in [-0.1, -0.05) is 11.3 Å². The first-order chi connectivity index (χ1) is 10.9. The number of carbonyl (C=O) groups is 1. The quantitative estimate of drug-likeness (QED) is 0.912. The zero-order valence-corrected chi connectivity index (χ0v) is 14.4. The lowest BCUT2D eigenvalue weighted by atomic mass is 10.1.